The van der Waals surface area contributed by atoms with Gasteiger partial charge in [-0.1, -0.05) is 6.07 Å². The van der Waals surface area contributed by atoms with Crippen LogP contribution in [0.3, 0.4) is 0 Å². The van der Waals surface area contributed by atoms with Crippen molar-refractivity contribution < 1.29 is 9.53 Å². The van der Waals surface area contributed by atoms with Gasteiger partial charge in [0.2, 0.25) is 0 Å². The van der Waals surface area contributed by atoms with Crippen LogP contribution in [0, 0.1) is 6.92 Å². The van der Waals surface area contributed by atoms with Crippen molar-refractivity contribution in [3.8, 4) is 5.75 Å². The second kappa shape index (κ2) is 6.52. The Kier molecular flexibility index (Phi) is 4.28. The van der Waals surface area contributed by atoms with E-state index in [-0.39, 0.29) is 5.91 Å². The molecule has 0 atom stereocenters. The second-order valence-electron chi connectivity index (χ2n) is 5.36. The SMILES string of the molecule is COc1ccc(C(=O)NCCc2cn3c(C)cccc3n2)cc1. The lowest BCUT2D eigenvalue weighted by Gasteiger charge is -2.05. The summed E-state index contributed by atoms with van der Waals surface area (Å²) in [7, 11) is 1.60. The molecule has 0 aliphatic carbocycles. The summed E-state index contributed by atoms with van der Waals surface area (Å²) >= 11 is 0. The Hall–Kier alpha value is -2.82. The molecule has 0 fully saturated rings. The third-order valence-electron chi connectivity index (χ3n) is 3.76. The monoisotopic (exact) mass is 309 g/mol. The van der Waals surface area contributed by atoms with Crippen LogP contribution in [0.5, 0.6) is 5.75 Å². The zero-order valence-electron chi connectivity index (χ0n) is 13.2. The number of methoxy groups -OCH3 is 1. The summed E-state index contributed by atoms with van der Waals surface area (Å²) in [5.41, 5.74) is 3.66. The molecule has 0 saturated carbocycles. The Morgan fingerprint density at radius 3 is 2.70 bits per heavy atom. The third kappa shape index (κ3) is 3.34. The van der Waals surface area contributed by atoms with Crippen LogP contribution in [0.2, 0.25) is 0 Å². The lowest BCUT2D eigenvalue weighted by Crippen LogP contribution is -2.25. The molecule has 23 heavy (non-hydrogen) atoms. The number of amides is 1. The average Bonchev–Trinajstić information content (AvgIpc) is 2.99. The topological polar surface area (TPSA) is 55.6 Å². The molecule has 0 bridgehead atoms. The minimum atomic E-state index is -0.0902. The normalized spacial score (nSPS) is 10.7. The summed E-state index contributed by atoms with van der Waals surface area (Å²) in [5, 5.41) is 2.91. The fraction of sp³-hybridized carbons (Fsp3) is 0.222. The van der Waals surface area contributed by atoms with Crippen molar-refractivity contribution in [2.24, 2.45) is 0 Å². The first kappa shape index (κ1) is 15.1. The van der Waals surface area contributed by atoms with Gasteiger partial charge in [-0.15, -0.1) is 0 Å². The van der Waals surface area contributed by atoms with Crippen molar-refractivity contribution in [2.45, 2.75) is 13.3 Å². The van der Waals surface area contributed by atoms with Gasteiger partial charge in [-0.05, 0) is 43.3 Å². The number of aryl methyl sites for hydroxylation is 1. The molecule has 0 radical (unpaired) electrons. The van der Waals surface area contributed by atoms with Gasteiger partial charge in [-0.2, -0.15) is 0 Å². The molecule has 0 aliphatic rings. The van der Waals surface area contributed by atoms with Gasteiger partial charge in [0.25, 0.3) is 5.91 Å². The lowest BCUT2D eigenvalue weighted by molar-refractivity contribution is 0.0954. The molecule has 2 aromatic heterocycles. The van der Waals surface area contributed by atoms with Gasteiger partial charge in [-0.25, -0.2) is 4.98 Å². The van der Waals surface area contributed by atoms with Crippen LogP contribution in [0.4, 0.5) is 0 Å². The van der Waals surface area contributed by atoms with Gasteiger partial charge in [0.05, 0.1) is 12.8 Å². The van der Waals surface area contributed by atoms with Crippen LogP contribution < -0.4 is 10.1 Å². The van der Waals surface area contributed by atoms with Crippen LogP contribution >= 0.6 is 0 Å². The van der Waals surface area contributed by atoms with Crippen molar-refractivity contribution in [2.75, 3.05) is 13.7 Å². The Morgan fingerprint density at radius 1 is 1.22 bits per heavy atom. The molecule has 5 nitrogen and oxygen atoms in total. The van der Waals surface area contributed by atoms with Gasteiger partial charge < -0.3 is 14.5 Å². The first-order valence-corrected chi connectivity index (χ1v) is 7.53. The smallest absolute Gasteiger partial charge is 0.251 e. The highest BCUT2D eigenvalue weighted by molar-refractivity contribution is 5.94. The predicted molar refractivity (Wildman–Crippen MR) is 89.0 cm³/mol. The van der Waals surface area contributed by atoms with Gasteiger partial charge in [-0.3, -0.25) is 4.79 Å². The van der Waals surface area contributed by atoms with E-state index < -0.39 is 0 Å². The number of rotatable bonds is 5. The molecule has 2 heterocycles. The number of carbonyl (C=O) groups is 1. The third-order valence-corrected chi connectivity index (χ3v) is 3.76. The molecule has 3 aromatic rings. The Bertz CT molecular complexity index is 822. The summed E-state index contributed by atoms with van der Waals surface area (Å²) in [6, 6.07) is 13.1. The summed E-state index contributed by atoms with van der Waals surface area (Å²) in [4.78, 5) is 16.6. The molecule has 118 valence electrons. The van der Waals surface area contributed by atoms with Crippen LogP contribution in [0.15, 0.2) is 48.7 Å². The summed E-state index contributed by atoms with van der Waals surface area (Å²) in [6.07, 6.45) is 2.72. The van der Waals surface area contributed by atoms with Gasteiger partial charge in [0, 0.05) is 30.4 Å². The molecule has 5 heteroatoms. The second-order valence-corrected chi connectivity index (χ2v) is 5.36. The van der Waals surface area contributed by atoms with Crippen LogP contribution in [0.25, 0.3) is 5.65 Å². The number of benzene rings is 1. The average molecular weight is 309 g/mol. The van der Waals surface area contributed by atoms with E-state index in [0.29, 0.717) is 18.5 Å². The van der Waals surface area contributed by atoms with Crippen molar-refractivity contribution in [1.82, 2.24) is 14.7 Å². The van der Waals surface area contributed by atoms with E-state index in [0.717, 1.165) is 22.8 Å². The van der Waals surface area contributed by atoms with E-state index >= 15 is 0 Å². The summed E-state index contributed by atoms with van der Waals surface area (Å²) < 4.78 is 7.14. The maximum atomic E-state index is 12.1. The van der Waals surface area contributed by atoms with E-state index in [2.05, 4.69) is 14.7 Å². The predicted octanol–water partition coefficient (Wildman–Crippen LogP) is 2.62. The number of hydrogen-bond donors (Lipinski definition) is 1. The minimum Gasteiger partial charge on any atom is -0.497 e. The molecule has 0 aliphatic heterocycles. The fourth-order valence-electron chi connectivity index (χ4n) is 2.47. The number of fused-ring (bicyclic) bond motifs is 1. The van der Waals surface area contributed by atoms with E-state index in [1.165, 1.54) is 0 Å². The quantitative estimate of drug-likeness (QED) is 0.788. The first-order chi connectivity index (χ1) is 11.2. The zero-order chi connectivity index (χ0) is 16.2. The highest BCUT2D eigenvalue weighted by Gasteiger charge is 2.07. The van der Waals surface area contributed by atoms with Gasteiger partial charge >= 0.3 is 0 Å². The van der Waals surface area contributed by atoms with Crippen LogP contribution in [0.1, 0.15) is 21.7 Å². The van der Waals surface area contributed by atoms with E-state index in [4.69, 9.17) is 4.74 Å². The molecule has 0 spiro atoms. The standard InChI is InChI=1S/C18H19N3O2/c1-13-4-3-5-17-20-15(12-21(13)17)10-11-19-18(22)14-6-8-16(23-2)9-7-14/h3-9,12H,10-11H2,1-2H3,(H,19,22). The number of carbonyl (C=O) groups excluding carboxylic acids is 1. The number of ether oxygens (including phenoxy) is 1. The highest BCUT2D eigenvalue weighted by atomic mass is 16.5. The number of nitrogens with zero attached hydrogens (tertiary/aromatic N) is 2. The molecule has 0 saturated heterocycles. The Balaban J connectivity index is 1.59. The van der Waals surface area contributed by atoms with Crippen molar-refractivity contribution in [1.29, 1.82) is 0 Å². The number of hydrogen-bond acceptors (Lipinski definition) is 3. The zero-order valence-corrected chi connectivity index (χ0v) is 13.2. The molecular weight excluding hydrogens is 290 g/mol. The van der Waals surface area contributed by atoms with Crippen molar-refractivity contribution >= 4 is 11.6 Å². The molecule has 1 aromatic carbocycles. The maximum Gasteiger partial charge on any atom is 0.251 e. The lowest BCUT2D eigenvalue weighted by atomic mass is 10.2. The van der Waals surface area contributed by atoms with Crippen molar-refractivity contribution in [3.63, 3.8) is 0 Å². The minimum absolute atomic E-state index is 0.0902. The molecule has 0 unspecified atom stereocenters. The molecule has 1 N–H and O–H groups in total. The van der Waals surface area contributed by atoms with E-state index in [1.807, 2.05) is 31.3 Å². The number of pyridine rings is 1. The van der Waals surface area contributed by atoms with Gasteiger partial charge in [0.15, 0.2) is 0 Å². The van der Waals surface area contributed by atoms with E-state index in [9.17, 15) is 4.79 Å². The van der Waals surface area contributed by atoms with E-state index in [1.54, 1.807) is 31.4 Å². The van der Waals surface area contributed by atoms with Crippen molar-refractivity contribution in [3.05, 3.63) is 65.6 Å². The summed E-state index contributed by atoms with van der Waals surface area (Å²) in [5.74, 6) is 0.647. The van der Waals surface area contributed by atoms with Gasteiger partial charge in [0.1, 0.15) is 11.4 Å². The maximum absolute atomic E-state index is 12.1. The van der Waals surface area contributed by atoms with Crippen LogP contribution in [-0.4, -0.2) is 28.9 Å². The number of aromatic nitrogens is 2. The highest BCUT2D eigenvalue weighted by Crippen LogP contribution is 2.11. The Morgan fingerprint density at radius 2 is 2.00 bits per heavy atom. The molecule has 1 amide bonds. The molecular formula is C18H19N3O2. The first-order valence-electron chi connectivity index (χ1n) is 7.53. The molecule has 3 rings (SSSR count). The fourth-order valence-corrected chi connectivity index (χ4v) is 2.47. The van der Waals surface area contributed by atoms with Crippen LogP contribution in [-0.2, 0) is 6.42 Å². The number of imidazole rings is 1. The summed E-state index contributed by atoms with van der Waals surface area (Å²) in [6.45, 7) is 2.59. The number of nitrogens with one attached hydrogen (secondary N) is 1. The largest absolute Gasteiger partial charge is 0.497 e. The Labute approximate surface area is 134 Å².